The first kappa shape index (κ1) is 18.0. The molecule has 0 amide bonds. The molecule has 3 unspecified atom stereocenters. The number of nitrogens with two attached hydrogens (primary N) is 1. The van der Waals surface area contributed by atoms with Gasteiger partial charge in [0.25, 0.3) is 0 Å². The van der Waals surface area contributed by atoms with Gasteiger partial charge < -0.3 is 25.8 Å². The van der Waals surface area contributed by atoms with Crippen molar-refractivity contribution in [3.05, 3.63) is 36.3 Å². The maximum atomic E-state index is 10.7. The van der Waals surface area contributed by atoms with E-state index in [0.29, 0.717) is 12.2 Å². The molecule has 5 atom stereocenters. The molecule has 3 rings (SSSR count). The Hall–Kier alpha value is -1.80. The fourth-order valence-electron chi connectivity index (χ4n) is 3.80. The summed E-state index contributed by atoms with van der Waals surface area (Å²) in [6.45, 7) is 5.04. The minimum Gasteiger partial charge on any atom is -0.394 e. The highest BCUT2D eigenvalue weighted by Gasteiger charge is 2.52. The number of aromatic nitrogens is 2. The topological polar surface area (TPSA) is 122 Å². The van der Waals surface area contributed by atoms with Gasteiger partial charge in [-0.05, 0) is 31.8 Å². The summed E-state index contributed by atoms with van der Waals surface area (Å²) < 4.78 is 5.72. The molecule has 7 nitrogen and oxygen atoms in total. The van der Waals surface area contributed by atoms with Crippen molar-refractivity contribution in [2.75, 3.05) is 12.3 Å². The van der Waals surface area contributed by atoms with E-state index in [-0.39, 0.29) is 12.5 Å². The van der Waals surface area contributed by atoms with E-state index in [1.807, 2.05) is 0 Å². The Morgan fingerprint density at radius 2 is 2.24 bits per heavy atom. The number of fused-ring (bicyclic) bond motifs is 1. The predicted octanol–water partition coefficient (Wildman–Crippen LogP) is 0.767. The molecule has 5 N–H and O–H groups in total. The molecular weight excluding hydrogens is 322 g/mol. The van der Waals surface area contributed by atoms with Gasteiger partial charge in [0, 0.05) is 11.5 Å². The molecule has 0 bridgehead atoms. The molecular formula is C18H25N3O4. The number of nitrogens with zero attached hydrogens (tertiary/aromatic N) is 2. The number of nitrogen functional groups attached to an aromatic ring is 1. The average molecular weight is 347 g/mol. The normalized spacial score (nSPS) is 35.0. The van der Waals surface area contributed by atoms with Crippen LogP contribution in [0.4, 0.5) is 5.82 Å². The van der Waals surface area contributed by atoms with Crippen LogP contribution in [0.5, 0.6) is 0 Å². The van der Waals surface area contributed by atoms with Crippen LogP contribution in [0.15, 0.2) is 25.1 Å². The lowest BCUT2D eigenvalue weighted by molar-refractivity contribution is -0.0676. The Bertz CT molecular complexity index is 689. The molecule has 7 heteroatoms. The van der Waals surface area contributed by atoms with E-state index in [9.17, 15) is 15.3 Å². The van der Waals surface area contributed by atoms with Gasteiger partial charge in [0.1, 0.15) is 30.0 Å². The van der Waals surface area contributed by atoms with Gasteiger partial charge in [0.05, 0.1) is 18.4 Å². The van der Waals surface area contributed by atoms with Crippen molar-refractivity contribution >= 4 is 11.4 Å². The Labute approximate surface area is 146 Å². The number of ether oxygens (including phenoxy) is 1. The summed E-state index contributed by atoms with van der Waals surface area (Å²) in [5.74, 6) is 0.380. The van der Waals surface area contributed by atoms with Crippen LogP contribution in [0.3, 0.4) is 0 Å². The van der Waals surface area contributed by atoms with Crippen molar-refractivity contribution in [3.63, 3.8) is 0 Å². The number of aliphatic hydroxyl groups is 3. The van der Waals surface area contributed by atoms with E-state index in [1.54, 1.807) is 6.08 Å². The molecule has 25 heavy (non-hydrogen) atoms. The summed E-state index contributed by atoms with van der Waals surface area (Å²) >= 11 is 0. The zero-order valence-corrected chi connectivity index (χ0v) is 14.3. The molecule has 1 saturated heterocycles. The molecule has 0 radical (unpaired) electrons. The van der Waals surface area contributed by atoms with Crippen LogP contribution in [0.2, 0.25) is 0 Å². The van der Waals surface area contributed by atoms with Gasteiger partial charge in [-0.15, -0.1) is 0 Å². The van der Waals surface area contributed by atoms with Crippen LogP contribution in [0, 0.1) is 0 Å². The van der Waals surface area contributed by atoms with Gasteiger partial charge in [-0.1, -0.05) is 18.7 Å². The predicted molar refractivity (Wildman–Crippen MR) is 93.6 cm³/mol. The standard InChI is InChI=1S/C18H25N3O4/c1-3-10-5-4-6-11(15-14(10)17(19)21-9-20-15)7-13-18(2,24)16(23)12(8-22)25-13/h3,5,9,11-13,16,22-24H,1,4,6-8H2,2H3,(H2,19,20,21)/t11?,12?,13?,16-,18+/m1/s1. The number of aliphatic hydroxyl groups excluding tert-OH is 2. The van der Waals surface area contributed by atoms with Crippen LogP contribution in [0.25, 0.3) is 5.57 Å². The molecule has 136 valence electrons. The quantitative estimate of drug-likeness (QED) is 0.634. The lowest BCUT2D eigenvalue weighted by Crippen LogP contribution is -2.46. The Balaban J connectivity index is 1.92. The molecule has 0 saturated carbocycles. The van der Waals surface area contributed by atoms with Gasteiger partial charge in [0.2, 0.25) is 0 Å². The number of hydrogen-bond donors (Lipinski definition) is 4. The highest BCUT2D eigenvalue weighted by Crippen LogP contribution is 2.41. The zero-order chi connectivity index (χ0) is 18.2. The molecule has 1 aliphatic carbocycles. The second-order valence-corrected chi connectivity index (χ2v) is 6.91. The largest absolute Gasteiger partial charge is 0.394 e. The molecule has 0 aromatic carbocycles. The lowest BCUT2D eigenvalue weighted by Gasteiger charge is -2.29. The van der Waals surface area contributed by atoms with Crippen LogP contribution >= 0.6 is 0 Å². The maximum Gasteiger partial charge on any atom is 0.134 e. The van der Waals surface area contributed by atoms with Crippen molar-refractivity contribution in [3.8, 4) is 0 Å². The summed E-state index contributed by atoms with van der Waals surface area (Å²) in [6.07, 6.45) is 4.78. The van der Waals surface area contributed by atoms with Gasteiger partial charge in [-0.2, -0.15) is 0 Å². The van der Waals surface area contributed by atoms with E-state index in [2.05, 4.69) is 22.6 Å². The van der Waals surface area contributed by atoms with Crippen LogP contribution in [-0.2, 0) is 4.74 Å². The lowest BCUT2D eigenvalue weighted by atomic mass is 9.84. The third-order valence-electron chi connectivity index (χ3n) is 5.30. The SMILES string of the molecule is C=CC1=CCCC(CC2OC(CO)[C@@H](O)[C@@]2(C)O)c2ncnc(N)c21. The fraction of sp³-hybridized carbons (Fsp3) is 0.556. The first-order valence-corrected chi connectivity index (χ1v) is 8.50. The van der Waals surface area contributed by atoms with Gasteiger partial charge in [-0.25, -0.2) is 9.97 Å². The first-order valence-electron chi connectivity index (χ1n) is 8.50. The first-order chi connectivity index (χ1) is 11.9. The van der Waals surface area contributed by atoms with E-state index in [0.717, 1.165) is 29.7 Å². The number of hydrogen-bond acceptors (Lipinski definition) is 7. The molecule has 0 spiro atoms. The van der Waals surface area contributed by atoms with Crippen molar-refractivity contribution in [1.82, 2.24) is 9.97 Å². The fourth-order valence-corrected chi connectivity index (χ4v) is 3.80. The molecule has 1 aromatic heterocycles. The number of allylic oxidation sites excluding steroid dienone is 3. The van der Waals surface area contributed by atoms with Crippen molar-refractivity contribution in [2.45, 2.75) is 56.0 Å². The number of rotatable bonds is 4. The maximum absolute atomic E-state index is 10.7. The van der Waals surface area contributed by atoms with Crippen LogP contribution in [0.1, 0.15) is 43.4 Å². The summed E-state index contributed by atoms with van der Waals surface area (Å²) in [5, 5.41) is 30.2. The Kier molecular flexibility index (Phi) is 4.92. The minimum atomic E-state index is -1.44. The van der Waals surface area contributed by atoms with Crippen molar-refractivity contribution < 1.29 is 20.1 Å². The van der Waals surface area contributed by atoms with Crippen LogP contribution < -0.4 is 5.73 Å². The summed E-state index contributed by atoms with van der Waals surface area (Å²) in [5.41, 5.74) is 7.12. The van der Waals surface area contributed by atoms with E-state index in [1.165, 1.54) is 13.3 Å². The zero-order valence-electron chi connectivity index (χ0n) is 14.3. The smallest absolute Gasteiger partial charge is 0.134 e. The highest BCUT2D eigenvalue weighted by molar-refractivity contribution is 5.81. The molecule has 1 fully saturated rings. The second kappa shape index (κ2) is 6.84. The average Bonchev–Trinajstić information content (AvgIpc) is 2.73. The monoisotopic (exact) mass is 347 g/mol. The molecule has 1 aliphatic heterocycles. The summed E-state index contributed by atoms with van der Waals surface area (Å²) in [7, 11) is 0. The van der Waals surface area contributed by atoms with Gasteiger partial charge in [-0.3, -0.25) is 0 Å². The minimum absolute atomic E-state index is 0.0184. The third-order valence-corrected chi connectivity index (χ3v) is 5.30. The van der Waals surface area contributed by atoms with Crippen molar-refractivity contribution in [2.24, 2.45) is 0 Å². The van der Waals surface area contributed by atoms with Gasteiger partial charge >= 0.3 is 0 Å². The number of anilines is 1. The Morgan fingerprint density at radius 3 is 2.88 bits per heavy atom. The van der Waals surface area contributed by atoms with Gasteiger partial charge in [0.15, 0.2) is 0 Å². The van der Waals surface area contributed by atoms with Crippen LogP contribution in [-0.4, -0.2) is 55.8 Å². The highest BCUT2D eigenvalue weighted by atomic mass is 16.6. The molecule has 2 aliphatic rings. The van der Waals surface area contributed by atoms with E-state index in [4.69, 9.17) is 10.5 Å². The third kappa shape index (κ3) is 3.08. The Morgan fingerprint density at radius 1 is 1.48 bits per heavy atom. The summed E-state index contributed by atoms with van der Waals surface area (Å²) in [6, 6.07) is 0. The molecule has 2 heterocycles. The molecule has 1 aromatic rings. The second-order valence-electron chi connectivity index (χ2n) is 6.91. The summed E-state index contributed by atoms with van der Waals surface area (Å²) in [4.78, 5) is 8.53. The van der Waals surface area contributed by atoms with E-state index < -0.39 is 23.9 Å². The van der Waals surface area contributed by atoms with Crippen molar-refractivity contribution in [1.29, 1.82) is 0 Å². The van der Waals surface area contributed by atoms with E-state index >= 15 is 0 Å².